The smallest absolute Gasteiger partial charge is 0.309 e. The van der Waals surface area contributed by atoms with Gasteiger partial charge in [0.2, 0.25) is 0 Å². The van der Waals surface area contributed by atoms with Gasteiger partial charge in [0.05, 0.1) is 12.1 Å². The quantitative estimate of drug-likeness (QED) is 0.690. The van der Waals surface area contributed by atoms with E-state index >= 15 is 0 Å². The summed E-state index contributed by atoms with van der Waals surface area (Å²) in [5, 5.41) is 12.3. The number of hydrogen-bond donors (Lipinski definition) is 1. The summed E-state index contributed by atoms with van der Waals surface area (Å²) in [5.41, 5.74) is 0.632. The standard InChI is InChI=1S/C7H8N2O2/c1-2-9-6(3-4-8-9)5-7(10)11/h2-4H,1,5H2,(H,10,11). The average molecular weight is 152 g/mol. The maximum atomic E-state index is 10.3. The minimum Gasteiger partial charge on any atom is -0.481 e. The normalized spacial score (nSPS) is 9.45. The molecule has 1 aromatic heterocycles. The van der Waals surface area contributed by atoms with Gasteiger partial charge in [0.15, 0.2) is 0 Å². The second-order valence-electron chi connectivity index (χ2n) is 2.02. The Labute approximate surface area is 63.8 Å². The summed E-state index contributed by atoms with van der Waals surface area (Å²) in [5.74, 6) is -0.867. The van der Waals surface area contributed by atoms with Crippen molar-refractivity contribution in [2.45, 2.75) is 6.42 Å². The summed E-state index contributed by atoms with van der Waals surface area (Å²) in [6.45, 7) is 3.48. The van der Waals surface area contributed by atoms with Crippen LogP contribution >= 0.6 is 0 Å². The van der Waals surface area contributed by atoms with Crippen LogP contribution in [-0.2, 0) is 11.2 Å². The number of rotatable bonds is 3. The number of aliphatic carboxylic acids is 1. The summed E-state index contributed by atoms with van der Waals surface area (Å²) in [6, 6.07) is 1.65. The van der Waals surface area contributed by atoms with Crippen LogP contribution in [0.25, 0.3) is 6.20 Å². The molecule has 1 aromatic rings. The maximum Gasteiger partial charge on any atom is 0.309 e. The van der Waals surface area contributed by atoms with E-state index in [1.165, 1.54) is 10.9 Å². The number of carbonyl (C=O) groups is 1. The highest BCUT2D eigenvalue weighted by molar-refractivity contribution is 5.69. The van der Waals surface area contributed by atoms with E-state index in [1.54, 1.807) is 12.3 Å². The molecule has 1 rings (SSSR count). The lowest BCUT2D eigenvalue weighted by molar-refractivity contribution is -0.136. The number of carboxylic acid groups (broad SMARTS) is 1. The van der Waals surface area contributed by atoms with Crippen molar-refractivity contribution >= 4 is 12.2 Å². The van der Waals surface area contributed by atoms with Crippen LogP contribution in [0.3, 0.4) is 0 Å². The van der Waals surface area contributed by atoms with Gasteiger partial charge < -0.3 is 5.11 Å². The molecule has 0 spiro atoms. The summed E-state index contributed by atoms with van der Waals surface area (Å²) in [6.07, 6.45) is 2.99. The third kappa shape index (κ3) is 1.67. The molecule has 1 N–H and O–H groups in total. The van der Waals surface area contributed by atoms with Crippen molar-refractivity contribution in [2.24, 2.45) is 0 Å². The Bertz CT molecular complexity index is 278. The van der Waals surface area contributed by atoms with Gasteiger partial charge in [-0.3, -0.25) is 4.79 Å². The van der Waals surface area contributed by atoms with Gasteiger partial charge in [0.25, 0.3) is 0 Å². The third-order valence-electron chi connectivity index (χ3n) is 1.26. The van der Waals surface area contributed by atoms with Crippen LogP contribution in [0.4, 0.5) is 0 Å². The lowest BCUT2D eigenvalue weighted by Gasteiger charge is -1.96. The number of nitrogens with zero attached hydrogens (tertiary/aromatic N) is 2. The Morgan fingerprint density at radius 3 is 3.18 bits per heavy atom. The van der Waals surface area contributed by atoms with Crippen molar-refractivity contribution in [1.29, 1.82) is 0 Å². The molecular weight excluding hydrogens is 144 g/mol. The fraction of sp³-hybridized carbons (Fsp3) is 0.143. The number of carboxylic acids is 1. The number of aromatic nitrogens is 2. The summed E-state index contributed by atoms with van der Waals surface area (Å²) in [7, 11) is 0. The minimum absolute atomic E-state index is 0.0218. The van der Waals surface area contributed by atoms with Crippen molar-refractivity contribution in [3.05, 3.63) is 24.5 Å². The Hall–Kier alpha value is -1.58. The monoisotopic (exact) mass is 152 g/mol. The highest BCUT2D eigenvalue weighted by Gasteiger charge is 2.03. The second-order valence-corrected chi connectivity index (χ2v) is 2.02. The van der Waals surface area contributed by atoms with Gasteiger partial charge in [0, 0.05) is 12.4 Å². The van der Waals surface area contributed by atoms with Crippen LogP contribution < -0.4 is 0 Å². The predicted octanol–water partition coefficient (Wildman–Crippen LogP) is 0.611. The van der Waals surface area contributed by atoms with E-state index in [9.17, 15) is 4.79 Å². The highest BCUT2D eigenvalue weighted by Crippen LogP contribution is 1.99. The van der Waals surface area contributed by atoms with Gasteiger partial charge >= 0.3 is 5.97 Å². The van der Waals surface area contributed by atoms with Crippen molar-refractivity contribution < 1.29 is 9.90 Å². The second kappa shape index (κ2) is 3.01. The van der Waals surface area contributed by atoms with Crippen LogP contribution in [0, 0.1) is 0 Å². The Kier molecular flexibility index (Phi) is 2.06. The van der Waals surface area contributed by atoms with Crippen molar-refractivity contribution in [2.75, 3.05) is 0 Å². The van der Waals surface area contributed by atoms with E-state index in [0.717, 1.165) is 0 Å². The van der Waals surface area contributed by atoms with Gasteiger partial charge in [-0.1, -0.05) is 6.58 Å². The van der Waals surface area contributed by atoms with Gasteiger partial charge in [0.1, 0.15) is 0 Å². The van der Waals surface area contributed by atoms with Gasteiger partial charge in [-0.25, -0.2) is 4.68 Å². The summed E-state index contributed by atoms with van der Waals surface area (Å²) >= 11 is 0. The molecule has 0 radical (unpaired) electrons. The molecule has 0 unspecified atom stereocenters. The maximum absolute atomic E-state index is 10.3. The zero-order valence-corrected chi connectivity index (χ0v) is 5.90. The van der Waals surface area contributed by atoms with Crippen LogP contribution in [0.5, 0.6) is 0 Å². The lowest BCUT2D eigenvalue weighted by Crippen LogP contribution is -2.04. The molecule has 0 amide bonds. The van der Waals surface area contributed by atoms with E-state index in [0.29, 0.717) is 5.69 Å². The first-order valence-corrected chi connectivity index (χ1v) is 3.11. The Morgan fingerprint density at radius 2 is 2.64 bits per heavy atom. The largest absolute Gasteiger partial charge is 0.481 e. The molecule has 0 aliphatic carbocycles. The number of hydrogen-bond acceptors (Lipinski definition) is 2. The highest BCUT2D eigenvalue weighted by atomic mass is 16.4. The molecule has 0 fully saturated rings. The van der Waals surface area contributed by atoms with E-state index in [1.807, 2.05) is 0 Å². The van der Waals surface area contributed by atoms with Crippen molar-refractivity contribution in [1.82, 2.24) is 9.78 Å². The van der Waals surface area contributed by atoms with Crippen molar-refractivity contribution in [3.63, 3.8) is 0 Å². The van der Waals surface area contributed by atoms with Crippen LogP contribution in [0.2, 0.25) is 0 Å². The van der Waals surface area contributed by atoms with Gasteiger partial charge in [-0.15, -0.1) is 0 Å². The molecule has 4 heteroatoms. The molecule has 0 bridgehead atoms. The molecule has 1 heterocycles. The van der Waals surface area contributed by atoms with E-state index < -0.39 is 5.97 Å². The molecule has 58 valence electrons. The summed E-state index contributed by atoms with van der Waals surface area (Å²) < 4.78 is 1.44. The van der Waals surface area contributed by atoms with E-state index in [2.05, 4.69) is 11.7 Å². The summed E-state index contributed by atoms with van der Waals surface area (Å²) in [4.78, 5) is 10.3. The molecule has 0 saturated carbocycles. The van der Waals surface area contributed by atoms with E-state index in [4.69, 9.17) is 5.11 Å². The van der Waals surface area contributed by atoms with Crippen LogP contribution in [0.15, 0.2) is 18.8 Å². The Morgan fingerprint density at radius 1 is 1.91 bits per heavy atom. The molecule has 4 nitrogen and oxygen atoms in total. The SMILES string of the molecule is C=Cn1nccc1CC(=O)O. The minimum atomic E-state index is -0.867. The van der Waals surface area contributed by atoms with Crippen LogP contribution in [0.1, 0.15) is 5.69 Å². The molecular formula is C7H8N2O2. The molecule has 0 aliphatic rings. The lowest BCUT2D eigenvalue weighted by atomic mass is 10.3. The zero-order valence-electron chi connectivity index (χ0n) is 5.90. The third-order valence-corrected chi connectivity index (χ3v) is 1.26. The molecule has 11 heavy (non-hydrogen) atoms. The topological polar surface area (TPSA) is 55.1 Å². The van der Waals surface area contributed by atoms with Gasteiger partial charge in [-0.2, -0.15) is 5.10 Å². The van der Waals surface area contributed by atoms with Crippen molar-refractivity contribution in [3.8, 4) is 0 Å². The first-order valence-electron chi connectivity index (χ1n) is 3.11. The molecule has 0 saturated heterocycles. The first kappa shape index (κ1) is 7.53. The molecule has 0 atom stereocenters. The van der Waals surface area contributed by atoms with Crippen LogP contribution in [-0.4, -0.2) is 20.9 Å². The fourth-order valence-corrected chi connectivity index (χ4v) is 0.801. The molecule has 0 aliphatic heterocycles. The zero-order chi connectivity index (χ0) is 8.27. The average Bonchev–Trinajstić information content (AvgIpc) is 2.34. The van der Waals surface area contributed by atoms with Gasteiger partial charge in [-0.05, 0) is 6.07 Å². The first-order chi connectivity index (χ1) is 5.24. The van der Waals surface area contributed by atoms with E-state index in [-0.39, 0.29) is 6.42 Å². The fourth-order valence-electron chi connectivity index (χ4n) is 0.801. The molecule has 0 aromatic carbocycles. The Balaban J connectivity index is 2.84. The predicted molar refractivity (Wildman–Crippen MR) is 40.0 cm³/mol.